The third-order valence-corrected chi connectivity index (χ3v) is 3.78. The van der Waals surface area contributed by atoms with E-state index in [2.05, 4.69) is 4.74 Å². The SMILES string of the molecule is COC(=O)C(N)C1CCOC2(CCC2)C1. The predicted octanol–water partition coefficient (Wildman–Crippen LogP) is 0.836. The smallest absolute Gasteiger partial charge is 0.322 e. The first-order valence-corrected chi connectivity index (χ1v) is 5.64. The predicted molar refractivity (Wildman–Crippen MR) is 55.2 cm³/mol. The van der Waals surface area contributed by atoms with E-state index in [0.717, 1.165) is 32.3 Å². The van der Waals surface area contributed by atoms with Crippen LogP contribution in [-0.2, 0) is 14.3 Å². The molecule has 2 rings (SSSR count). The van der Waals surface area contributed by atoms with Crippen molar-refractivity contribution in [3.05, 3.63) is 0 Å². The molecule has 4 nitrogen and oxygen atoms in total. The minimum atomic E-state index is -0.476. The molecule has 2 fully saturated rings. The Bertz CT molecular complexity index is 250. The lowest BCUT2D eigenvalue weighted by Gasteiger charge is -2.48. The number of ether oxygens (including phenoxy) is 2. The number of rotatable bonds is 2. The molecular formula is C11H19NO3. The highest BCUT2D eigenvalue weighted by atomic mass is 16.5. The third kappa shape index (κ3) is 2.01. The monoisotopic (exact) mass is 213 g/mol. The average Bonchev–Trinajstić information content (AvgIpc) is 2.25. The molecule has 2 atom stereocenters. The van der Waals surface area contributed by atoms with Crippen LogP contribution in [0.5, 0.6) is 0 Å². The van der Waals surface area contributed by atoms with Gasteiger partial charge in [0.2, 0.25) is 0 Å². The third-order valence-electron chi connectivity index (χ3n) is 3.78. The second-order valence-corrected chi connectivity index (χ2v) is 4.69. The van der Waals surface area contributed by atoms with Gasteiger partial charge in [-0.3, -0.25) is 4.79 Å². The maximum atomic E-state index is 11.3. The van der Waals surface area contributed by atoms with Crippen LogP contribution >= 0.6 is 0 Å². The second kappa shape index (κ2) is 4.10. The molecule has 15 heavy (non-hydrogen) atoms. The summed E-state index contributed by atoms with van der Waals surface area (Å²) in [4.78, 5) is 11.3. The molecule has 0 aromatic rings. The lowest BCUT2D eigenvalue weighted by molar-refractivity contribution is -0.158. The molecule has 1 heterocycles. The first kappa shape index (κ1) is 10.9. The number of methoxy groups -OCH3 is 1. The zero-order chi connectivity index (χ0) is 10.9. The molecule has 1 spiro atoms. The summed E-state index contributed by atoms with van der Waals surface area (Å²) < 4.78 is 10.5. The molecule has 1 saturated heterocycles. The van der Waals surface area contributed by atoms with Crippen molar-refractivity contribution in [2.24, 2.45) is 11.7 Å². The van der Waals surface area contributed by atoms with Gasteiger partial charge in [-0.15, -0.1) is 0 Å². The standard InChI is InChI=1S/C11H19NO3/c1-14-10(13)9(12)8-3-6-15-11(7-8)4-2-5-11/h8-9H,2-7,12H2,1H3. The lowest BCUT2D eigenvalue weighted by atomic mass is 9.70. The number of nitrogens with two attached hydrogens (primary N) is 1. The van der Waals surface area contributed by atoms with Crippen LogP contribution < -0.4 is 5.73 Å². The molecule has 86 valence electrons. The van der Waals surface area contributed by atoms with Crippen molar-refractivity contribution in [3.8, 4) is 0 Å². The van der Waals surface area contributed by atoms with Crippen LogP contribution in [0.4, 0.5) is 0 Å². The van der Waals surface area contributed by atoms with Gasteiger partial charge >= 0.3 is 5.97 Å². The molecule has 1 saturated carbocycles. The van der Waals surface area contributed by atoms with Crippen molar-refractivity contribution in [1.82, 2.24) is 0 Å². The van der Waals surface area contributed by atoms with Crippen LogP contribution in [0, 0.1) is 5.92 Å². The Balaban J connectivity index is 1.94. The van der Waals surface area contributed by atoms with Gasteiger partial charge in [-0.2, -0.15) is 0 Å². The number of carbonyl (C=O) groups is 1. The van der Waals surface area contributed by atoms with Crippen molar-refractivity contribution in [2.45, 2.75) is 43.7 Å². The van der Waals surface area contributed by atoms with Crippen LogP contribution in [0.15, 0.2) is 0 Å². The van der Waals surface area contributed by atoms with E-state index in [1.807, 2.05) is 0 Å². The first-order valence-electron chi connectivity index (χ1n) is 5.64. The van der Waals surface area contributed by atoms with Gasteiger partial charge in [0.15, 0.2) is 0 Å². The van der Waals surface area contributed by atoms with Gasteiger partial charge in [0.1, 0.15) is 6.04 Å². The molecule has 2 unspecified atom stereocenters. The Labute approximate surface area is 90.1 Å². The van der Waals surface area contributed by atoms with Crippen LogP contribution in [0.25, 0.3) is 0 Å². The summed E-state index contributed by atoms with van der Waals surface area (Å²) in [5.41, 5.74) is 5.92. The topological polar surface area (TPSA) is 61.5 Å². The molecule has 0 bridgehead atoms. The van der Waals surface area contributed by atoms with Crippen molar-refractivity contribution < 1.29 is 14.3 Å². The Kier molecular flexibility index (Phi) is 2.98. The number of hydrogen-bond acceptors (Lipinski definition) is 4. The van der Waals surface area contributed by atoms with Gasteiger partial charge in [0.05, 0.1) is 12.7 Å². The normalized spacial score (nSPS) is 30.7. The summed E-state index contributed by atoms with van der Waals surface area (Å²) in [6.45, 7) is 0.732. The second-order valence-electron chi connectivity index (χ2n) is 4.69. The number of hydrogen-bond donors (Lipinski definition) is 1. The zero-order valence-electron chi connectivity index (χ0n) is 9.20. The van der Waals surface area contributed by atoms with Crippen LogP contribution in [0.3, 0.4) is 0 Å². The van der Waals surface area contributed by atoms with E-state index in [0.29, 0.717) is 0 Å². The summed E-state index contributed by atoms with van der Waals surface area (Å²) in [7, 11) is 1.39. The Morgan fingerprint density at radius 2 is 2.33 bits per heavy atom. The van der Waals surface area contributed by atoms with Gasteiger partial charge in [-0.1, -0.05) is 0 Å². The molecule has 4 heteroatoms. The van der Waals surface area contributed by atoms with Crippen molar-refractivity contribution in [3.63, 3.8) is 0 Å². The molecule has 0 amide bonds. The van der Waals surface area contributed by atoms with E-state index < -0.39 is 6.04 Å². The maximum Gasteiger partial charge on any atom is 0.322 e. The van der Waals surface area contributed by atoms with E-state index in [1.165, 1.54) is 13.5 Å². The Hall–Kier alpha value is -0.610. The van der Waals surface area contributed by atoms with E-state index in [-0.39, 0.29) is 17.5 Å². The molecular weight excluding hydrogens is 194 g/mol. The van der Waals surface area contributed by atoms with Crippen LogP contribution in [-0.4, -0.2) is 31.3 Å². The highest BCUT2D eigenvalue weighted by Gasteiger charge is 2.44. The van der Waals surface area contributed by atoms with Crippen molar-refractivity contribution in [2.75, 3.05) is 13.7 Å². The Morgan fingerprint density at radius 3 is 2.87 bits per heavy atom. The summed E-state index contributed by atoms with van der Waals surface area (Å²) in [6.07, 6.45) is 5.27. The van der Waals surface area contributed by atoms with Gasteiger partial charge in [0, 0.05) is 6.61 Å². The Morgan fingerprint density at radius 1 is 1.60 bits per heavy atom. The fraction of sp³-hybridized carbons (Fsp3) is 0.909. The summed E-state index contributed by atoms with van der Waals surface area (Å²) in [5.74, 6) is -0.0668. The van der Waals surface area contributed by atoms with Gasteiger partial charge in [0.25, 0.3) is 0 Å². The first-order chi connectivity index (χ1) is 7.17. The molecule has 0 aromatic carbocycles. The molecule has 0 radical (unpaired) electrons. The molecule has 2 aliphatic rings. The largest absolute Gasteiger partial charge is 0.468 e. The van der Waals surface area contributed by atoms with Crippen LogP contribution in [0.1, 0.15) is 32.1 Å². The van der Waals surface area contributed by atoms with Gasteiger partial charge < -0.3 is 15.2 Å². The zero-order valence-corrected chi connectivity index (χ0v) is 9.20. The van der Waals surface area contributed by atoms with Crippen molar-refractivity contribution >= 4 is 5.97 Å². The highest BCUT2D eigenvalue weighted by molar-refractivity contribution is 5.75. The van der Waals surface area contributed by atoms with Gasteiger partial charge in [-0.25, -0.2) is 0 Å². The van der Waals surface area contributed by atoms with E-state index in [1.54, 1.807) is 0 Å². The molecule has 1 aliphatic carbocycles. The van der Waals surface area contributed by atoms with Crippen molar-refractivity contribution in [1.29, 1.82) is 0 Å². The maximum absolute atomic E-state index is 11.3. The number of carbonyl (C=O) groups excluding carboxylic acids is 1. The van der Waals surface area contributed by atoms with Gasteiger partial charge in [-0.05, 0) is 38.0 Å². The molecule has 1 aliphatic heterocycles. The lowest BCUT2D eigenvalue weighted by Crippen LogP contribution is -2.51. The van der Waals surface area contributed by atoms with Crippen LogP contribution in [0.2, 0.25) is 0 Å². The fourth-order valence-electron chi connectivity index (χ4n) is 2.62. The average molecular weight is 213 g/mol. The fourth-order valence-corrected chi connectivity index (χ4v) is 2.62. The van der Waals surface area contributed by atoms with E-state index >= 15 is 0 Å². The highest BCUT2D eigenvalue weighted by Crippen LogP contribution is 2.44. The number of esters is 1. The summed E-state index contributed by atoms with van der Waals surface area (Å²) >= 11 is 0. The summed E-state index contributed by atoms with van der Waals surface area (Å²) in [6, 6.07) is -0.476. The minimum Gasteiger partial charge on any atom is -0.468 e. The minimum absolute atomic E-state index is 0.0502. The van der Waals surface area contributed by atoms with E-state index in [9.17, 15) is 4.79 Å². The quantitative estimate of drug-likeness (QED) is 0.690. The van der Waals surface area contributed by atoms with E-state index in [4.69, 9.17) is 10.5 Å². The molecule has 0 aromatic heterocycles. The summed E-state index contributed by atoms with van der Waals surface area (Å²) in [5, 5.41) is 0. The molecule has 2 N–H and O–H groups in total.